The zero-order chi connectivity index (χ0) is 16.5. The number of halogens is 1. The van der Waals surface area contributed by atoms with Crippen molar-refractivity contribution < 1.29 is 9.53 Å². The van der Waals surface area contributed by atoms with Gasteiger partial charge >= 0.3 is 0 Å². The van der Waals surface area contributed by atoms with Crippen LogP contribution in [0.25, 0.3) is 0 Å². The highest BCUT2D eigenvalue weighted by atomic mass is 79.9. The molecule has 124 valence electrons. The molecule has 2 rings (SSSR count). The van der Waals surface area contributed by atoms with E-state index in [-0.39, 0.29) is 5.91 Å². The predicted molar refractivity (Wildman–Crippen MR) is 97.6 cm³/mol. The van der Waals surface area contributed by atoms with E-state index in [0.29, 0.717) is 24.0 Å². The second-order valence-corrected chi connectivity index (χ2v) is 7.61. The van der Waals surface area contributed by atoms with Crippen molar-refractivity contribution in [2.75, 3.05) is 31.3 Å². The van der Waals surface area contributed by atoms with E-state index >= 15 is 0 Å². The third-order valence-electron chi connectivity index (χ3n) is 2.66. The third kappa shape index (κ3) is 6.86. The molecule has 0 aliphatic rings. The molecule has 1 heterocycles. The summed E-state index contributed by atoms with van der Waals surface area (Å²) < 4.78 is 6.68. The highest BCUT2D eigenvalue weighted by Gasteiger charge is 2.08. The molecule has 23 heavy (non-hydrogen) atoms. The van der Waals surface area contributed by atoms with Crippen LogP contribution in [0.4, 0.5) is 10.8 Å². The van der Waals surface area contributed by atoms with Gasteiger partial charge in [-0.2, -0.15) is 0 Å². The number of aromatic nitrogens is 2. The summed E-state index contributed by atoms with van der Waals surface area (Å²) in [5, 5.41) is 14.9. The van der Waals surface area contributed by atoms with Gasteiger partial charge in [0.25, 0.3) is 0 Å². The second-order valence-electron chi connectivity index (χ2n) is 4.49. The van der Waals surface area contributed by atoms with E-state index < -0.39 is 0 Å². The predicted octanol–water partition coefficient (Wildman–Crippen LogP) is 3.29. The standard InChI is InChI=1S/C14H17BrN4O2S2/c1-21-7-3-6-16-12(20)9-22-14-19-18-13(23-14)17-11-5-2-4-10(15)8-11/h2,4-5,8H,3,6-7,9H2,1H3,(H,16,20)(H,17,18). The van der Waals surface area contributed by atoms with Crippen molar-refractivity contribution in [2.24, 2.45) is 0 Å². The number of thioether (sulfide) groups is 1. The number of carbonyl (C=O) groups is 1. The lowest BCUT2D eigenvalue weighted by Crippen LogP contribution is -2.26. The van der Waals surface area contributed by atoms with E-state index in [9.17, 15) is 4.79 Å². The summed E-state index contributed by atoms with van der Waals surface area (Å²) in [6.07, 6.45) is 0.812. The Hall–Kier alpha value is -1.16. The van der Waals surface area contributed by atoms with Gasteiger partial charge in [0.15, 0.2) is 4.34 Å². The van der Waals surface area contributed by atoms with E-state index in [1.54, 1.807) is 7.11 Å². The monoisotopic (exact) mass is 416 g/mol. The lowest BCUT2D eigenvalue weighted by molar-refractivity contribution is -0.118. The Morgan fingerprint density at radius 1 is 1.43 bits per heavy atom. The average molecular weight is 417 g/mol. The summed E-state index contributed by atoms with van der Waals surface area (Å²) in [6, 6.07) is 7.81. The Balaban J connectivity index is 1.75. The maximum atomic E-state index is 11.7. The summed E-state index contributed by atoms with van der Waals surface area (Å²) >= 11 is 6.22. The normalized spacial score (nSPS) is 10.5. The summed E-state index contributed by atoms with van der Waals surface area (Å²) in [5.41, 5.74) is 0.933. The Morgan fingerprint density at radius 3 is 3.09 bits per heavy atom. The van der Waals surface area contributed by atoms with Crippen LogP contribution in [-0.2, 0) is 9.53 Å². The van der Waals surface area contributed by atoms with E-state index in [0.717, 1.165) is 20.9 Å². The molecule has 1 amide bonds. The first-order valence-corrected chi connectivity index (χ1v) is 9.51. The van der Waals surface area contributed by atoms with Gasteiger partial charge in [-0.1, -0.05) is 45.1 Å². The first kappa shape index (κ1) is 18.2. The Kier molecular flexibility index (Phi) is 7.80. The lowest BCUT2D eigenvalue weighted by Gasteiger charge is -2.03. The molecule has 2 aromatic rings. The third-order valence-corrected chi connectivity index (χ3v) is 5.12. The number of rotatable bonds is 9. The summed E-state index contributed by atoms with van der Waals surface area (Å²) in [6.45, 7) is 1.27. The zero-order valence-corrected chi connectivity index (χ0v) is 15.8. The highest BCUT2D eigenvalue weighted by molar-refractivity contribution is 9.10. The smallest absolute Gasteiger partial charge is 0.230 e. The van der Waals surface area contributed by atoms with Crippen LogP contribution in [0.5, 0.6) is 0 Å². The molecule has 0 saturated carbocycles. The van der Waals surface area contributed by atoms with Gasteiger partial charge in [0.1, 0.15) is 0 Å². The number of benzene rings is 1. The van der Waals surface area contributed by atoms with Crippen molar-refractivity contribution in [3.63, 3.8) is 0 Å². The van der Waals surface area contributed by atoms with Crippen molar-refractivity contribution in [1.29, 1.82) is 0 Å². The molecular weight excluding hydrogens is 400 g/mol. The minimum atomic E-state index is -0.0113. The average Bonchev–Trinajstić information content (AvgIpc) is 2.97. The molecule has 6 nitrogen and oxygen atoms in total. The highest BCUT2D eigenvalue weighted by Crippen LogP contribution is 2.28. The van der Waals surface area contributed by atoms with E-state index in [1.807, 2.05) is 24.3 Å². The number of hydrogen-bond acceptors (Lipinski definition) is 7. The molecule has 0 fully saturated rings. The summed E-state index contributed by atoms with van der Waals surface area (Å²) in [7, 11) is 1.65. The number of ether oxygens (including phenoxy) is 1. The first-order valence-electron chi connectivity index (χ1n) is 6.92. The molecule has 0 aliphatic heterocycles. The fourth-order valence-electron chi connectivity index (χ4n) is 1.63. The molecule has 0 aliphatic carbocycles. The number of carbonyl (C=O) groups excluding carboxylic acids is 1. The van der Waals surface area contributed by atoms with Gasteiger partial charge in [-0.25, -0.2) is 0 Å². The van der Waals surface area contributed by atoms with Crippen LogP contribution < -0.4 is 10.6 Å². The number of anilines is 2. The van der Waals surface area contributed by atoms with Crippen LogP contribution in [0.2, 0.25) is 0 Å². The van der Waals surface area contributed by atoms with Gasteiger partial charge in [0.05, 0.1) is 5.75 Å². The maximum Gasteiger partial charge on any atom is 0.230 e. The quantitative estimate of drug-likeness (QED) is 0.482. The number of nitrogens with one attached hydrogen (secondary N) is 2. The second kappa shape index (κ2) is 9.86. The number of amides is 1. The molecule has 0 bridgehead atoms. The van der Waals surface area contributed by atoms with E-state index in [1.165, 1.54) is 23.1 Å². The fourth-order valence-corrected chi connectivity index (χ4v) is 3.63. The molecule has 0 radical (unpaired) electrons. The molecule has 0 spiro atoms. The molecule has 0 atom stereocenters. The molecule has 0 saturated heterocycles. The number of methoxy groups -OCH3 is 1. The molecule has 2 N–H and O–H groups in total. The largest absolute Gasteiger partial charge is 0.385 e. The Morgan fingerprint density at radius 2 is 2.30 bits per heavy atom. The van der Waals surface area contributed by atoms with Crippen molar-refractivity contribution >= 4 is 55.8 Å². The number of nitrogens with zero attached hydrogens (tertiary/aromatic N) is 2. The minimum Gasteiger partial charge on any atom is -0.385 e. The topological polar surface area (TPSA) is 76.1 Å². The molecule has 1 aromatic heterocycles. The van der Waals surface area contributed by atoms with Crippen molar-refractivity contribution in [3.8, 4) is 0 Å². The van der Waals surface area contributed by atoms with Crippen LogP contribution in [-0.4, -0.2) is 42.1 Å². The van der Waals surface area contributed by atoms with Crippen LogP contribution in [0, 0.1) is 0 Å². The summed E-state index contributed by atoms with van der Waals surface area (Å²) in [4.78, 5) is 11.7. The maximum absolute atomic E-state index is 11.7. The lowest BCUT2D eigenvalue weighted by atomic mass is 10.3. The molecule has 1 aromatic carbocycles. The Labute approximate surface area is 151 Å². The molecular formula is C14H17BrN4O2S2. The first-order chi connectivity index (χ1) is 11.2. The summed E-state index contributed by atoms with van der Waals surface area (Å²) in [5.74, 6) is 0.321. The zero-order valence-electron chi connectivity index (χ0n) is 12.5. The van der Waals surface area contributed by atoms with Crippen molar-refractivity contribution in [2.45, 2.75) is 10.8 Å². The van der Waals surface area contributed by atoms with E-state index in [4.69, 9.17) is 4.74 Å². The molecule has 0 unspecified atom stereocenters. The number of hydrogen-bond donors (Lipinski definition) is 2. The van der Waals surface area contributed by atoms with Gasteiger partial charge in [-0.3, -0.25) is 4.79 Å². The van der Waals surface area contributed by atoms with Gasteiger partial charge in [0, 0.05) is 30.4 Å². The SMILES string of the molecule is COCCCNC(=O)CSc1nnc(Nc2cccc(Br)c2)s1. The van der Waals surface area contributed by atoms with Crippen molar-refractivity contribution in [3.05, 3.63) is 28.7 Å². The van der Waals surface area contributed by atoms with Gasteiger partial charge in [-0.05, 0) is 24.6 Å². The van der Waals surface area contributed by atoms with Crippen LogP contribution in [0.1, 0.15) is 6.42 Å². The molecule has 9 heteroatoms. The van der Waals surface area contributed by atoms with E-state index in [2.05, 4.69) is 36.8 Å². The minimum absolute atomic E-state index is 0.0113. The van der Waals surface area contributed by atoms with Gasteiger partial charge < -0.3 is 15.4 Å². The van der Waals surface area contributed by atoms with Crippen LogP contribution in [0.3, 0.4) is 0 Å². The Bertz CT molecular complexity index is 639. The van der Waals surface area contributed by atoms with Crippen LogP contribution >= 0.6 is 39.0 Å². The fraction of sp³-hybridized carbons (Fsp3) is 0.357. The van der Waals surface area contributed by atoms with Crippen molar-refractivity contribution in [1.82, 2.24) is 15.5 Å². The van der Waals surface area contributed by atoms with Crippen LogP contribution in [0.15, 0.2) is 33.1 Å². The van der Waals surface area contributed by atoms with Gasteiger partial charge in [0.2, 0.25) is 11.0 Å². The van der Waals surface area contributed by atoms with Gasteiger partial charge in [-0.15, -0.1) is 10.2 Å².